The lowest BCUT2D eigenvalue weighted by molar-refractivity contribution is 1.25. The zero-order chi connectivity index (χ0) is 34.4. The molecule has 4 nitrogen and oxygen atoms in total. The molecule has 4 heteroatoms. The second kappa shape index (κ2) is 9.78. The van der Waals surface area contributed by atoms with Gasteiger partial charge in [0.05, 0.1) is 39.5 Å². The molecule has 5 aromatic heterocycles. The first-order valence-electron chi connectivity index (χ1n) is 18.2. The predicted molar refractivity (Wildman–Crippen MR) is 223 cm³/mol. The van der Waals surface area contributed by atoms with Gasteiger partial charge in [-0.25, -0.2) is 4.98 Å². The molecule has 0 bridgehead atoms. The molecule has 0 amide bonds. The van der Waals surface area contributed by atoms with Crippen LogP contribution in [0.1, 0.15) is 0 Å². The molecule has 0 saturated heterocycles. The fraction of sp³-hybridized carbons (Fsp3) is 0. The summed E-state index contributed by atoms with van der Waals surface area (Å²) in [5.74, 6) is 0. The fourth-order valence-electron chi connectivity index (χ4n) is 9.72. The van der Waals surface area contributed by atoms with Crippen LogP contribution < -0.4 is 4.90 Å². The van der Waals surface area contributed by atoms with Crippen molar-refractivity contribution in [2.24, 2.45) is 0 Å². The van der Waals surface area contributed by atoms with E-state index in [1.807, 2.05) is 0 Å². The molecule has 53 heavy (non-hydrogen) atoms. The lowest BCUT2D eigenvalue weighted by Crippen LogP contribution is -2.11. The Morgan fingerprint density at radius 3 is 1.70 bits per heavy atom. The van der Waals surface area contributed by atoms with Gasteiger partial charge in [-0.3, -0.25) is 4.40 Å². The highest BCUT2D eigenvalue weighted by molar-refractivity contribution is 6.41. The summed E-state index contributed by atoms with van der Waals surface area (Å²) >= 11 is 0. The molecule has 0 aliphatic rings. The largest absolute Gasteiger partial charge is 0.308 e. The van der Waals surface area contributed by atoms with Crippen LogP contribution in [-0.2, 0) is 0 Å². The smallest absolute Gasteiger partial charge is 0.146 e. The van der Waals surface area contributed by atoms with E-state index in [4.69, 9.17) is 4.98 Å². The van der Waals surface area contributed by atoms with Crippen LogP contribution in [0.15, 0.2) is 170 Å². The molecular weight excluding hydrogens is 645 g/mol. The number of anilines is 3. The van der Waals surface area contributed by atoms with Crippen LogP contribution in [0.3, 0.4) is 0 Å². The van der Waals surface area contributed by atoms with Crippen LogP contribution in [0.4, 0.5) is 17.1 Å². The third kappa shape index (κ3) is 3.34. The first kappa shape index (κ1) is 27.5. The first-order chi connectivity index (χ1) is 26.3. The Balaban J connectivity index is 1.33. The van der Waals surface area contributed by atoms with E-state index < -0.39 is 0 Å². The number of para-hydroxylation sites is 4. The standard InChI is InChI=1S/C49H28N4/c1-3-16-31(17-4-1)51(32-18-5-2-6-19-32)40-27-30-15-8-10-21-34(30)44-43-33-20-9-7-14-29(33)26-38-42-41(52(47(38)43)48(40)44)28-50-49-45(42)37-24-13-23-36-35-22-11-12-25-39(35)53(49)46(36)37/h1-28H. The highest BCUT2D eigenvalue weighted by atomic mass is 15.2. The van der Waals surface area contributed by atoms with Crippen molar-refractivity contribution in [3.8, 4) is 0 Å². The number of hydrogen-bond acceptors (Lipinski definition) is 2. The summed E-state index contributed by atoms with van der Waals surface area (Å²) in [5.41, 5.74) is 10.4. The summed E-state index contributed by atoms with van der Waals surface area (Å²) in [6.07, 6.45) is 2.14. The number of benzene rings is 8. The van der Waals surface area contributed by atoms with E-state index >= 15 is 0 Å². The molecule has 13 rings (SSSR count). The molecular formula is C49H28N4. The highest BCUT2D eigenvalue weighted by Crippen LogP contribution is 2.52. The topological polar surface area (TPSA) is 24.9 Å². The summed E-state index contributed by atoms with van der Waals surface area (Å²) in [7, 11) is 0. The van der Waals surface area contributed by atoms with E-state index in [1.165, 1.54) is 86.7 Å². The maximum Gasteiger partial charge on any atom is 0.146 e. The van der Waals surface area contributed by atoms with Crippen LogP contribution >= 0.6 is 0 Å². The van der Waals surface area contributed by atoms with Crippen molar-refractivity contribution in [2.75, 3.05) is 4.90 Å². The Kier molecular flexibility index (Phi) is 5.08. The Morgan fingerprint density at radius 2 is 0.962 bits per heavy atom. The van der Waals surface area contributed by atoms with Gasteiger partial charge in [0.15, 0.2) is 0 Å². The maximum atomic E-state index is 5.40. The number of hydrogen-bond donors (Lipinski definition) is 0. The van der Waals surface area contributed by atoms with Crippen LogP contribution in [0, 0.1) is 0 Å². The zero-order valence-electron chi connectivity index (χ0n) is 28.5. The van der Waals surface area contributed by atoms with Gasteiger partial charge in [0.2, 0.25) is 0 Å². The molecule has 0 spiro atoms. The van der Waals surface area contributed by atoms with E-state index in [9.17, 15) is 0 Å². The fourth-order valence-corrected chi connectivity index (χ4v) is 9.72. The van der Waals surface area contributed by atoms with Crippen molar-refractivity contribution in [1.82, 2.24) is 13.8 Å². The quantitative estimate of drug-likeness (QED) is 0.187. The number of fused-ring (bicyclic) bond motifs is 17. The van der Waals surface area contributed by atoms with Crippen molar-refractivity contribution in [3.63, 3.8) is 0 Å². The SMILES string of the molecule is c1ccc(N(c2ccccc2)c2cc3ccccc3c3c4c5ccccc5cc5c6c7c8cccc9c%10ccccc%10n(c7ncc6n(c23)c54)c98)cc1. The van der Waals surface area contributed by atoms with Crippen molar-refractivity contribution in [3.05, 3.63) is 170 Å². The van der Waals surface area contributed by atoms with E-state index in [0.29, 0.717) is 0 Å². The van der Waals surface area contributed by atoms with Crippen LogP contribution in [-0.4, -0.2) is 13.8 Å². The van der Waals surface area contributed by atoms with Crippen LogP contribution in [0.5, 0.6) is 0 Å². The Bertz CT molecular complexity index is 3580. The van der Waals surface area contributed by atoms with E-state index in [0.717, 1.165) is 28.2 Å². The number of aromatic nitrogens is 3. The minimum Gasteiger partial charge on any atom is -0.308 e. The summed E-state index contributed by atoms with van der Waals surface area (Å²) in [5, 5.41) is 15.0. The maximum absolute atomic E-state index is 5.40. The van der Waals surface area contributed by atoms with Gasteiger partial charge in [0.25, 0.3) is 0 Å². The molecule has 0 fully saturated rings. The first-order valence-corrected chi connectivity index (χ1v) is 18.2. The predicted octanol–water partition coefficient (Wildman–Crippen LogP) is 13.2. The summed E-state index contributed by atoms with van der Waals surface area (Å²) in [6, 6.07) is 59.7. The molecule has 0 aliphatic heterocycles. The van der Waals surface area contributed by atoms with Gasteiger partial charge < -0.3 is 9.30 Å². The average molecular weight is 673 g/mol. The van der Waals surface area contributed by atoms with Gasteiger partial charge in [-0.15, -0.1) is 0 Å². The number of rotatable bonds is 3. The van der Waals surface area contributed by atoms with E-state index in [-0.39, 0.29) is 0 Å². The molecule has 8 aromatic carbocycles. The summed E-state index contributed by atoms with van der Waals surface area (Å²) in [6.45, 7) is 0. The van der Waals surface area contributed by atoms with Crippen molar-refractivity contribution >= 4 is 115 Å². The average Bonchev–Trinajstić information content (AvgIpc) is 3.95. The summed E-state index contributed by atoms with van der Waals surface area (Å²) < 4.78 is 4.94. The third-order valence-corrected chi connectivity index (χ3v) is 11.7. The van der Waals surface area contributed by atoms with Gasteiger partial charge in [0.1, 0.15) is 5.65 Å². The third-order valence-electron chi connectivity index (χ3n) is 11.7. The molecule has 5 heterocycles. The van der Waals surface area contributed by atoms with Gasteiger partial charge in [0, 0.05) is 54.5 Å². The number of nitrogens with zero attached hydrogens (tertiary/aromatic N) is 4. The lowest BCUT2D eigenvalue weighted by atomic mass is 9.96. The normalized spacial score (nSPS) is 12.5. The second-order valence-corrected chi connectivity index (χ2v) is 14.3. The minimum absolute atomic E-state index is 1.01. The van der Waals surface area contributed by atoms with E-state index in [2.05, 4.69) is 184 Å². The van der Waals surface area contributed by atoms with Crippen molar-refractivity contribution in [1.29, 1.82) is 0 Å². The Hall–Kier alpha value is -7.17. The zero-order valence-corrected chi connectivity index (χ0v) is 28.5. The molecule has 0 atom stereocenters. The van der Waals surface area contributed by atoms with Gasteiger partial charge in [-0.2, -0.15) is 0 Å². The molecule has 13 aromatic rings. The molecule has 0 saturated carbocycles. The second-order valence-electron chi connectivity index (χ2n) is 14.3. The molecule has 0 radical (unpaired) electrons. The Labute approximate surface area is 302 Å². The molecule has 0 N–H and O–H groups in total. The van der Waals surface area contributed by atoms with Gasteiger partial charge in [-0.05, 0) is 64.0 Å². The minimum atomic E-state index is 1.01. The highest BCUT2D eigenvalue weighted by Gasteiger charge is 2.29. The van der Waals surface area contributed by atoms with Gasteiger partial charge >= 0.3 is 0 Å². The van der Waals surface area contributed by atoms with Crippen LogP contribution in [0.2, 0.25) is 0 Å². The molecule has 0 unspecified atom stereocenters. The van der Waals surface area contributed by atoms with E-state index in [1.54, 1.807) is 0 Å². The summed E-state index contributed by atoms with van der Waals surface area (Å²) in [4.78, 5) is 7.83. The van der Waals surface area contributed by atoms with Gasteiger partial charge in [-0.1, -0.05) is 121 Å². The van der Waals surface area contributed by atoms with Crippen molar-refractivity contribution in [2.45, 2.75) is 0 Å². The number of pyridine rings is 1. The lowest BCUT2D eigenvalue weighted by Gasteiger charge is -2.27. The van der Waals surface area contributed by atoms with Crippen LogP contribution in [0.25, 0.3) is 97.9 Å². The molecule has 244 valence electrons. The molecule has 0 aliphatic carbocycles. The monoisotopic (exact) mass is 672 g/mol. The Morgan fingerprint density at radius 1 is 0.377 bits per heavy atom. The van der Waals surface area contributed by atoms with Crippen molar-refractivity contribution < 1.29 is 0 Å².